The summed E-state index contributed by atoms with van der Waals surface area (Å²) < 4.78 is 5.48. The van der Waals surface area contributed by atoms with Gasteiger partial charge >= 0.3 is 6.09 Å². The summed E-state index contributed by atoms with van der Waals surface area (Å²) in [5.41, 5.74) is 4.93. The van der Waals surface area contributed by atoms with Gasteiger partial charge in [-0.2, -0.15) is 0 Å². The average Bonchev–Trinajstić information content (AvgIpc) is 3.52. The van der Waals surface area contributed by atoms with Gasteiger partial charge in [0, 0.05) is 35.3 Å². The maximum absolute atomic E-state index is 12.7. The number of carbonyl (C=O) groups is 1. The molecule has 2 aromatic heterocycles. The molecule has 0 saturated heterocycles. The van der Waals surface area contributed by atoms with Gasteiger partial charge < -0.3 is 20.0 Å². The van der Waals surface area contributed by atoms with Crippen molar-refractivity contribution in [1.82, 2.24) is 20.3 Å². The van der Waals surface area contributed by atoms with Gasteiger partial charge in [-0.25, -0.2) is 9.78 Å². The van der Waals surface area contributed by atoms with Crippen LogP contribution in [0, 0.1) is 0 Å². The zero-order chi connectivity index (χ0) is 22.5. The summed E-state index contributed by atoms with van der Waals surface area (Å²) in [6, 6.07) is 27.3. The number of fused-ring (bicyclic) bond motifs is 1. The molecule has 6 nitrogen and oxygen atoms in total. The van der Waals surface area contributed by atoms with Crippen LogP contribution in [0.1, 0.15) is 23.0 Å². The van der Waals surface area contributed by atoms with Crippen LogP contribution < -0.4 is 5.32 Å². The number of aromatic nitrogens is 3. The minimum atomic E-state index is -0.485. The summed E-state index contributed by atoms with van der Waals surface area (Å²) >= 11 is 0. The van der Waals surface area contributed by atoms with Crippen molar-refractivity contribution >= 4 is 17.0 Å². The maximum atomic E-state index is 12.7. The monoisotopic (exact) mass is 436 g/mol. The fourth-order valence-corrected chi connectivity index (χ4v) is 3.92. The summed E-state index contributed by atoms with van der Waals surface area (Å²) in [5.74, 6) is 0.677. The fourth-order valence-electron chi connectivity index (χ4n) is 3.92. The number of alkyl carbamates (subject to hydrolysis) is 1. The molecule has 2 heterocycles. The van der Waals surface area contributed by atoms with Crippen LogP contribution in [0.4, 0.5) is 4.79 Å². The Morgan fingerprint density at radius 2 is 1.61 bits per heavy atom. The average molecular weight is 437 g/mol. The second-order valence-corrected chi connectivity index (χ2v) is 7.86. The quantitative estimate of drug-likeness (QED) is 0.303. The molecular weight excluding hydrogens is 412 g/mol. The SMILES string of the molecule is O=C(NC(Cc1c[nH]c2ccccc12)c1nc(-c2ccccc2)c[nH]1)OCc1ccccc1. The molecule has 0 radical (unpaired) electrons. The number of para-hydroxylation sites is 1. The first-order valence-corrected chi connectivity index (χ1v) is 10.9. The first-order chi connectivity index (χ1) is 16.3. The van der Waals surface area contributed by atoms with E-state index in [0.29, 0.717) is 12.2 Å². The van der Waals surface area contributed by atoms with Crippen LogP contribution in [0.15, 0.2) is 97.3 Å². The van der Waals surface area contributed by atoms with Gasteiger partial charge in [0.1, 0.15) is 12.4 Å². The van der Waals surface area contributed by atoms with Crippen molar-refractivity contribution in [2.45, 2.75) is 19.1 Å². The number of nitrogens with one attached hydrogen (secondary N) is 3. The van der Waals surface area contributed by atoms with E-state index in [4.69, 9.17) is 9.72 Å². The van der Waals surface area contributed by atoms with Crippen molar-refractivity contribution in [3.05, 3.63) is 114 Å². The van der Waals surface area contributed by atoms with Crippen LogP contribution in [-0.2, 0) is 17.8 Å². The van der Waals surface area contributed by atoms with E-state index in [0.717, 1.165) is 33.3 Å². The number of H-pyrrole nitrogens is 2. The predicted octanol–water partition coefficient (Wildman–Crippen LogP) is 5.77. The van der Waals surface area contributed by atoms with E-state index in [2.05, 4.69) is 21.4 Å². The summed E-state index contributed by atoms with van der Waals surface area (Å²) in [7, 11) is 0. The molecule has 0 spiro atoms. The van der Waals surface area contributed by atoms with E-state index in [9.17, 15) is 4.79 Å². The number of amides is 1. The van der Waals surface area contributed by atoms with Gasteiger partial charge in [0.05, 0.1) is 11.7 Å². The molecule has 0 aliphatic heterocycles. The Kier molecular flexibility index (Phi) is 5.89. The Balaban J connectivity index is 1.38. The van der Waals surface area contributed by atoms with Gasteiger partial charge in [-0.05, 0) is 17.2 Å². The number of rotatable bonds is 7. The van der Waals surface area contributed by atoms with Gasteiger partial charge in [-0.3, -0.25) is 0 Å². The molecule has 6 heteroatoms. The summed E-state index contributed by atoms with van der Waals surface area (Å²) in [4.78, 5) is 24.0. The molecule has 3 aromatic carbocycles. The lowest BCUT2D eigenvalue weighted by Crippen LogP contribution is -2.31. The lowest BCUT2D eigenvalue weighted by molar-refractivity contribution is 0.135. The summed E-state index contributed by atoms with van der Waals surface area (Å²) in [6.07, 6.45) is 3.92. The molecule has 0 aliphatic rings. The Bertz CT molecular complexity index is 1340. The molecule has 1 unspecified atom stereocenters. The molecular formula is C27H24N4O2. The number of imidazole rings is 1. The smallest absolute Gasteiger partial charge is 0.408 e. The molecule has 0 aliphatic carbocycles. The van der Waals surface area contributed by atoms with Crippen LogP contribution in [0.3, 0.4) is 0 Å². The number of ether oxygens (including phenoxy) is 1. The third-order valence-corrected chi connectivity index (χ3v) is 5.60. The van der Waals surface area contributed by atoms with E-state index in [-0.39, 0.29) is 12.6 Å². The molecule has 5 rings (SSSR count). The normalized spacial score (nSPS) is 11.9. The molecule has 33 heavy (non-hydrogen) atoms. The third-order valence-electron chi connectivity index (χ3n) is 5.60. The van der Waals surface area contributed by atoms with E-state index in [1.807, 2.05) is 91.3 Å². The van der Waals surface area contributed by atoms with Gasteiger partial charge in [0.25, 0.3) is 0 Å². The number of hydrogen-bond donors (Lipinski definition) is 3. The Morgan fingerprint density at radius 1 is 0.879 bits per heavy atom. The Morgan fingerprint density at radius 3 is 2.42 bits per heavy atom. The van der Waals surface area contributed by atoms with Gasteiger partial charge in [-0.15, -0.1) is 0 Å². The molecule has 3 N–H and O–H groups in total. The summed E-state index contributed by atoms with van der Waals surface area (Å²) in [6.45, 7) is 0.208. The highest BCUT2D eigenvalue weighted by atomic mass is 16.5. The first-order valence-electron chi connectivity index (χ1n) is 10.9. The molecule has 0 fully saturated rings. The summed E-state index contributed by atoms with van der Waals surface area (Å²) in [5, 5.41) is 4.12. The topological polar surface area (TPSA) is 82.8 Å². The molecule has 164 valence electrons. The highest BCUT2D eigenvalue weighted by Gasteiger charge is 2.21. The lowest BCUT2D eigenvalue weighted by atomic mass is 10.0. The van der Waals surface area contributed by atoms with Crippen molar-refractivity contribution < 1.29 is 9.53 Å². The first kappa shape index (κ1) is 20.6. The minimum absolute atomic E-state index is 0.208. The second-order valence-electron chi connectivity index (χ2n) is 7.86. The third kappa shape index (κ3) is 4.80. The largest absolute Gasteiger partial charge is 0.445 e. The number of benzene rings is 3. The molecule has 0 saturated carbocycles. The number of aromatic amines is 2. The minimum Gasteiger partial charge on any atom is -0.445 e. The van der Waals surface area contributed by atoms with Crippen molar-refractivity contribution in [1.29, 1.82) is 0 Å². The zero-order valence-electron chi connectivity index (χ0n) is 18.0. The van der Waals surface area contributed by atoms with Gasteiger partial charge in [-0.1, -0.05) is 78.9 Å². The second kappa shape index (κ2) is 9.44. The molecule has 1 atom stereocenters. The number of carbonyl (C=O) groups excluding carboxylic acids is 1. The van der Waals surface area contributed by atoms with Crippen LogP contribution >= 0.6 is 0 Å². The van der Waals surface area contributed by atoms with Crippen LogP contribution in [0.25, 0.3) is 22.2 Å². The van der Waals surface area contributed by atoms with E-state index >= 15 is 0 Å². The van der Waals surface area contributed by atoms with E-state index in [1.54, 1.807) is 0 Å². The predicted molar refractivity (Wildman–Crippen MR) is 129 cm³/mol. The van der Waals surface area contributed by atoms with E-state index < -0.39 is 6.09 Å². The number of nitrogens with zero attached hydrogens (tertiary/aromatic N) is 1. The zero-order valence-corrected chi connectivity index (χ0v) is 18.0. The molecule has 1 amide bonds. The highest BCUT2D eigenvalue weighted by molar-refractivity contribution is 5.83. The maximum Gasteiger partial charge on any atom is 0.408 e. The van der Waals surface area contributed by atoms with Crippen LogP contribution in [0.2, 0.25) is 0 Å². The lowest BCUT2D eigenvalue weighted by Gasteiger charge is -2.17. The van der Waals surface area contributed by atoms with Crippen molar-refractivity contribution in [2.24, 2.45) is 0 Å². The van der Waals surface area contributed by atoms with Crippen LogP contribution in [0.5, 0.6) is 0 Å². The van der Waals surface area contributed by atoms with Crippen molar-refractivity contribution in [3.63, 3.8) is 0 Å². The van der Waals surface area contributed by atoms with Crippen molar-refractivity contribution in [3.8, 4) is 11.3 Å². The number of hydrogen-bond acceptors (Lipinski definition) is 3. The standard InChI is InChI=1S/C27H24N4O2/c32-27(33-18-19-9-3-1-4-10-19)31-24(15-21-16-28-23-14-8-7-13-22(21)23)26-29-17-25(30-26)20-11-5-2-6-12-20/h1-14,16-17,24,28H,15,18H2,(H,29,30)(H,31,32). The van der Waals surface area contributed by atoms with Crippen molar-refractivity contribution in [2.75, 3.05) is 0 Å². The highest BCUT2D eigenvalue weighted by Crippen LogP contribution is 2.25. The Labute approximate surface area is 191 Å². The van der Waals surface area contributed by atoms with Gasteiger partial charge in [0.15, 0.2) is 0 Å². The Hall–Kier alpha value is -4.32. The fraction of sp³-hybridized carbons (Fsp3) is 0.111. The van der Waals surface area contributed by atoms with E-state index in [1.165, 1.54) is 0 Å². The molecule has 0 bridgehead atoms. The molecule has 5 aromatic rings. The van der Waals surface area contributed by atoms with Crippen LogP contribution in [-0.4, -0.2) is 21.0 Å². The van der Waals surface area contributed by atoms with Gasteiger partial charge in [0.2, 0.25) is 0 Å².